The number of phenolic OH excluding ortho intramolecular Hbond substituents is 4. The van der Waals surface area contributed by atoms with Crippen LogP contribution in [0.15, 0.2) is 57.7 Å². The van der Waals surface area contributed by atoms with Gasteiger partial charge in [-0.2, -0.15) is 0 Å². The average Bonchev–Trinajstić information content (AvgIpc) is 3.02. The Morgan fingerprint density at radius 2 is 1.44 bits per heavy atom. The molecule has 14 nitrogen and oxygen atoms in total. The summed E-state index contributed by atoms with van der Waals surface area (Å²) in [7, 11) is 1.31. The first kappa shape index (κ1) is 34.2. The van der Waals surface area contributed by atoms with Gasteiger partial charge in [-0.1, -0.05) is 0 Å². The van der Waals surface area contributed by atoms with Crippen molar-refractivity contribution in [1.29, 1.82) is 0 Å². The monoisotopic (exact) mass is 660 g/mol. The van der Waals surface area contributed by atoms with Gasteiger partial charge in [-0.05, 0) is 74.4 Å². The molecule has 0 unspecified atom stereocenters. The largest absolute Gasteiger partial charge is 0.508 e. The highest BCUT2D eigenvalue weighted by Crippen LogP contribution is 2.37. The van der Waals surface area contributed by atoms with E-state index in [9.17, 15) is 54.9 Å². The highest BCUT2D eigenvalue weighted by molar-refractivity contribution is 6.01. The number of carboxylic acid groups (broad SMARTS) is 1. The molecule has 7 N–H and O–H groups in total. The molecule has 4 aromatic carbocycles. The van der Waals surface area contributed by atoms with Gasteiger partial charge >= 0.3 is 11.9 Å². The Hall–Kier alpha value is -6.70. The van der Waals surface area contributed by atoms with Crippen molar-refractivity contribution in [3.8, 4) is 57.3 Å². The fourth-order valence-electron chi connectivity index (χ4n) is 4.75. The normalized spacial score (nSPS) is 10.6. The van der Waals surface area contributed by atoms with Crippen molar-refractivity contribution in [2.24, 2.45) is 0 Å². The molecule has 248 valence electrons. The number of aromatic carboxylic acids is 1. The molecule has 0 spiro atoms. The molecule has 0 atom stereocenters. The minimum Gasteiger partial charge on any atom is -0.508 e. The van der Waals surface area contributed by atoms with Gasteiger partial charge in [-0.25, -0.2) is 9.59 Å². The van der Waals surface area contributed by atoms with E-state index in [0.717, 1.165) is 6.07 Å². The van der Waals surface area contributed by atoms with Crippen molar-refractivity contribution < 1.29 is 64.0 Å². The highest BCUT2D eigenvalue weighted by Gasteiger charge is 2.26. The summed E-state index contributed by atoms with van der Waals surface area (Å²) >= 11 is 0. The van der Waals surface area contributed by atoms with Crippen LogP contribution < -0.4 is 14.9 Å². The summed E-state index contributed by atoms with van der Waals surface area (Å²) in [4.78, 5) is 47.3. The number of phenols is 5. The third-order valence-electron chi connectivity index (χ3n) is 7.25. The first-order valence-electron chi connectivity index (χ1n) is 13.8. The van der Waals surface area contributed by atoms with Crippen molar-refractivity contribution in [2.75, 3.05) is 7.11 Å². The van der Waals surface area contributed by atoms with Crippen LogP contribution in [0, 0.1) is 20.8 Å². The second-order valence-corrected chi connectivity index (χ2v) is 10.4. The van der Waals surface area contributed by atoms with E-state index in [1.54, 1.807) is 0 Å². The Labute approximate surface area is 270 Å². The van der Waals surface area contributed by atoms with E-state index in [0.29, 0.717) is 11.8 Å². The fraction of sp³-hybridized carbons (Fsp3) is 0.118. The van der Waals surface area contributed by atoms with E-state index in [-0.39, 0.29) is 73.1 Å². The zero-order chi connectivity index (χ0) is 35.6. The molecule has 0 aliphatic carbocycles. The van der Waals surface area contributed by atoms with Crippen molar-refractivity contribution in [3.63, 3.8) is 0 Å². The number of fused-ring (bicyclic) bond motifs is 1. The molecule has 0 aliphatic rings. The number of benzene rings is 4. The Balaban J connectivity index is 0.000000223. The molecular weight excluding hydrogens is 632 g/mol. The predicted octanol–water partition coefficient (Wildman–Crippen LogP) is 5.04. The van der Waals surface area contributed by atoms with E-state index in [1.165, 1.54) is 70.3 Å². The minimum atomic E-state index is -1.38. The van der Waals surface area contributed by atoms with Crippen LogP contribution in [0.25, 0.3) is 22.3 Å². The van der Waals surface area contributed by atoms with Crippen molar-refractivity contribution in [1.82, 2.24) is 0 Å². The lowest BCUT2D eigenvalue weighted by molar-refractivity contribution is 0.0681. The Morgan fingerprint density at radius 1 is 0.771 bits per heavy atom. The second-order valence-electron chi connectivity index (χ2n) is 10.4. The van der Waals surface area contributed by atoms with Gasteiger partial charge in [0.2, 0.25) is 11.2 Å². The van der Waals surface area contributed by atoms with E-state index < -0.39 is 40.4 Å². The Kier molecular flexibility index (Phi) is 9.50. The maximum absolute atomic E-state index is 12.6. The lowest BCUT2D eigenvalue weighted by atomic mass is 10.0. The molecule has 0 aliphatic heterocycles. The average molecular weight is 661 g/mol. The number of aromatic hydroxyl groups is 6. The topological polar surface area (TPSA) is 241 Å². The molecule has 0 bridgehead atoms. The number of methoxy groups -OCH3 is 1. The number of aryl methyl sites for hydroxylation is 2. The molecule has 48 heavy (non-hydrogen) atoms. The molecule has 5 aromatic rings. The predicted molar refractivity (Wildman–Crippen MR) is 169 cm³/mol. The van der Waals surface area contributed by atoms with Crippen LogP contribution in [0.4, 0.5) is 0 Å². The SMILES string of the molecule is COc1cc(C)c(C(=O)Oc2cc(C)c(O)c(C(=O)O)c2C)c(O)c1C=O.O=c1c(O)c(-c2ccc(O)c(O)c2)oc2cc(O)ccc12. The van der Waals surface area contributed by atoms with Gasteiger partial charge in [0.05, 0.1) is 18.1 Å². The van der Waals surface area contributed by atoms with Gasteiger partial charge in [0.25, 0.3) is 0 Å². The van der Waals surface area contributed by atoms with E-state index in [4.69, 9.17) is 13.9 Å². The zero-order valence-electron chi connectivity index (χ0n) is 25.7. The number of carboxylic acids is 1. The van der Waals surface area contributed by atoms with Crippen molar-refractivity contribution in [3.05, 3.63) is 92.1 Å². The van der Waals surface area contributed by atoms with E-state index in [2.05, 4.69) is 0 Å². The number of hydrogen-bond donors (Lipinski definition) is 7. The zero-order valence-corrected chi connectivity index (χ0v) is 25.7. The minimum absolute atomic E-state index is 0.0419. The molecule has 14 heteroatoms. The molecule has 0 fully saturated rings. The number of rotatable bonds is 6. The summed E-state index contributed by atoms with van der Waals surface area (Å²) in [6.45, 7) is 4.35. The van der Waals surface area contributed by atoms with Crippen LogP contribution in [0.1, 0.15) is 47.8 Å². The lowest BCUT2D eigenvalue weighted by Gasteiger charge is -2.16. The van der Waals surface area contributed by atoms with Gasteiger partial charge in [0, 0.05) is 17.2 Å². The van der Waals surface area contributed by atoms with Crippen LogP contribution in [-0.2, 0) is 0 Å². The van der Waals surface area contributed by atoms with Crippen LogP contribution >= 0.6 is 0 Å². The molecule has 0 amide bonds. The van der Waals surface area contributed by atoms with Crippen molar-refractivity contribution >= 4 is 29.2 Å². The number of carbonyl (C=O) groups excluding carboxylic acids is 2. The summed E-state index contributed by atoms with van der Waals surface area (Å²) in [5, 5.41) is 67.8. The Bertz CT molecular complexity index is 2180. The molecule has 1 heterocycles. The van der Waals surface area contributed by atoms with Crippen molar-refractivity contribution in [2.45, 2.75) is 20.8 Å². The van der Waals surface area contributed by atoms with Gasteiger partial charge < -0.3 is 49.6 Å². The van der Waals surface area contributed by atoms with E-state index in [1.807, 2.05) is 0 Å². The molecule has 0 saturated carbocycles. The van der Waals surface area contributed by atoms with Gasteiger partial charge in [0.1, 0.15) is 45.5 Å². The summed E-state index contributed by atoms with van der Waals surface area (Å²) in [6.07, 6.45) is 0.350. The summed E-state index contributed by atoms with van der Waals surface area (Å²) in [5.74, 6) is -4.98. The molecule has 0 saturated heterocycles. The van der Waals surface area contributed by atoms with Crippen LogP contribution in [0.5, 0.6) is 46.0 Å². The summed E-state index contributed by atoms with van der Waals surface area (Å²) in [5.41, 5.74) is -0.650. The first-order chi connectivity index (χ1) is 22.6. The first-order valence-corrected chi connectivity index (χ1v) is 13.8. The third-order valence-corrected chi connectivity index (χ3v) is 7.25. The highest BCUT2D eigenvalue weighted by atomic mass is 16.5. The maximum atomic E-state index is 12.6. The van der Waals surface area contributed by atoms with Gasteiger partial charge in [-0.15, -0.1) is 0 Å². The Morgan fingerprint density at radius 3 is 2.04 bits per heavy atom. The summed E-state index contributed by atoms with van der Waals surface area (Å²) < 4.78 is 15.7. The molecule has 1 aromatic heterocycles. The number of carbonyl (C=O) groups is 3. The summed E-state index contributed by atoms with van der Waals surface area (Å²) in [6, 6.07) is 10.3. The standard InChI is InChI=1S/C19H18O8.C15H10O6/c1-8-5-13(26-4)11(7-20)17(22)14(8)19(25)27-12-6-9(2)16(21)15(10(12)3)18(23)24;16-8-2-3-9-12(6-8)21-15(14(20)13(9)19)7-1-4-10(17)11(18)5-7/h5-7,21-22H,1-4H3,(H,23,24);1-6,16-18,20H. The third kappa shape index (κ3) is 6.35. The van der Waals surface area contributed by atoms with Gasteiger partial charge in [-0.3, -0.25) is 9.59 Å². The number of hydrogen-bond acceptors (Lipinski definition) is 13. The molecule has 5 rings (SSSR count). The van der Waals surface area contributed by atoms with Crippen LogP contribution in [-0.4, -0.2) is 61.1 Å². The van der Waals surface area contributed by atoms with Gasteiger partial charge in [0.15, 0.2) is 23.5 Å². The maximum Gasteiger partial charge on any atom is 0.347 e. The molecule has 0 radical (unpaired) electrons. The van der Waals surface area contributed by atoms with Crippen LogP contribution in [0.3, 0.4) is 0 Å². The molecular formula is C34H28O14. The number of esters is 1. The second kappa shape index (κ2) is 13.3. The van der Waals surface area contributed by atoms with Crippen LogP contribution in [0.2, 0.25) is 0 Å². The number of aldehydes is 1. The fourth-order valence-corrected chi connectivity index (χ4v) is 4.75. The lowest BCUT2D eigenvalue weighted by Crippen LogP contribution is -2.14. The quantitative estimate of drug-likeness (QED) is 0.0546. The van der Waals surface area contributed by atoms with E-state index >= 15 is 0 Å². The number of ether oxygens (including phenoxy) is 2. The smallest absolute Gasteiger partial charge is 0.347 e.